The third-order valence-electron chi connectivity index (χ3n) is 5.12. The summed E-state index contributed by atoms with van der Waals surface area (Å²) in [6.07, 6.45) is 0. The van der Waals surface area contributed by atoms with Crippen LogP contribution < -0.4 is 0 Å². The highest BCUT2D eigenvalue weighted by Gasteiger charge is 2.25. The molecule has 1 fully saturated rings. The smallest absolute Gasteiger partial charge is 0.339 e. The van der Waals surface area contributed by atoms with Gasteiger partial charge in [0.05, 0.1) is 16.2 Å². The zero-order valence-corrected chi connectivity index (χ0v) is 17.8. The van der Waals surface area contributed by atoms with Crippen molar-refractivity contribution < 1.29 is 22.7 Å². The second-order valence-corrected chi connectivity index (χ2v) is 9.36. The number of carbonyl (C=O) groups excluding carboxylic acids is 2. The van der Waals surface area contributed by atoms with Gasteiger partial charge in [0.25, 0.3) is 5.91 Å². The maximum absolute atomic E-state index is 12.4. The monoisotopic (exact) mass is 430 g/mol. The van der Waals surface area contributed by atoms with E-state index < -0.39 is 22.4 Å². The first-order valence-corrected chi connectivity index (χ1v) is 11.6. The highest BCUT2D eigenvalue weighted by molar-refractivity contribution is 7.91. The predicted octanol–water partition coefficient (Wildman–Crippen LogP) is 1.98. The molecule has 1 amide bonds. The van der Waals surface area contributed by atoms with Crippen LogP contribution in [-0.4, -0.2) is 68.6 Å². The van der Waals surface area contributed by atoms with Crippen molar-refractivity contribution in [3.8, 4) is 0 Å². The Morgan fingerprint density at radius 1 is 0.933 bits per heavy atom. The molecule has 2 aromatic rings. The quantitative estimate of drug-likeness (QED) is 0.625. The van der Waals surface area contributed by atoms with E-state index in [-0.39, 0.29) is 22.1 Å². The van der Waals surface area contributed by atoms with Gasteiger partial charge in [0.2, 0.25) is 0 Å². The lowest BCUT2D eigenvalue weighted by Crippen LogP contribution is -2.49. The standard InChI is InChI=1S/C22H26N2O5S/c1-2-30(27,28)20-11-7-6-10-19(20)22(26)29-17-21(25)24-14-12-23(13-15-24)16-18-8-4-3-5-9-18/h3-11H,2,12-17H2,1H3. The Kier molecular flexibility index (Phi) is 7.23. The average molecular weight is 431 g/mol. The third kappa shape index (κ3) is 5.46. The van der Waals surface area contributed by atoms with E-state index in [2.05, 4.69) is 17.0 Å². The summed E-state index contributed by atoms with van der Waals surface area (Å²) in [6.45, 7) is 4.54. The van der Waals surface area contributed by atoms with Crippen LogP contribution >= 0.6 is 0 Å². The fourth-order valence-corrected chi connectivity index (χ4v) is 4.44. The van der Waals surface area contributed by atoms with Crippen LogP contribution in [0.5, 0.6) is 0 Å². The number of sulfone groups is 1. The largest absolute Gasteiger partial charge is 0.452 e. The first-order chi connectivity index (χ1) is 14.4. The van der Waals surface area contributed by atoms with Gasteiger partial charge in [0.1, 0.15) is 0 Å². The molecule has 1 saturated heterocycles. The SMILES string of the molecule is CCS(=O)(=O)c1ccccc1C(=O)OCC(=O)N1CCN(Cc2ccccc2)CC1. The highest BCUT2D eigenvalue weighted by atomic mass is 32.2. The Labute approximate surface area is 177 Å². The molecule has 0 spiro atoms. The molecular formula is C22H26N2O5S. The van der Waals surface area contributed by atoms with Gasteiger partial charge in [-0.05, 0) is 17.7 Å². The van der Waals surface area contributed by atoms with Crippen molar-refractivity contribution in [2.24, 2.45) is 0 Å². The summed E-state index contributed by atoms with van der Waals surface area (Å²) in [6, 6.07) is 16.1. The lowest BCUT2D eigenvalue weighted by Gasteiger charge is -2.34. The van der Waals surface area contributed by atoms with Gasteiger partial charge >= 0.3 is 5.97 Å². The molecule has 3 rings (SSSR count). The van der Waals surface area contributed by atoms with Crippen molar-refractivity contribution in [1.82, 2.24) is 9.80 Å². The molecule has 0 N–H and O–H groups in total. The highest BCUT2D eigenvalue weighted by Crippen LogP contribution is 2.18. The molecule has 2 aromatic carbocycles. The summed E-state index contributed by atoms with van der Waals surface area (Å²) in [7, 11) is -3.57. The molecule has 160 valence electrons. The molecule has 1 aliphatic rings. The van der Waals surface area contributed by atoms with Gasteiger partial charge < -0.3 is 9.64 Å². The number of hydrogen-bond acceptors (Lipinski definition) is 6. The van der Waals surface area contributed by atoms with Gasteiger partial charge in [-0.3, -0.25) is 9.69 Å². The van der Waals surface area contributed by atoms with Crippen LogP contribution in [0.2, 0.25) is 0 Å². The average Bonchev–Trinajstić information content (AvgIpc) is 2.78. The molecule has 30 heavy (non-hydrogen) atoms. The van der Waals surface area contributed by atoms with E-state index in [1.165, 1.54) is 24.6 Å². The number of amides is 1. The maximum Gasteiger partial charge on any atom is 0.339 e. The number of hydrogen-bond donors (Lipinski definition) is 0. The normalized spacial score (nSPS) is 15.0. The van der Waals surface area contributed by atoms with E-state index in [1.54, 1.807) is 17.0 Å². The van der Waals surface area contributed by atoms with E-state index >= 15 is 0 Å². The van der Waals surface area contributed by atoms with Crippen molar-refractivity contribution in [3.05, 3.63) is 65.7 Å². The molecule has 0 radical (unpaired) electrons. The van der Waals surface area contributed by atoms with E-state index in [0.717, 1.165) is 19.6 Å². The third-order valence-corrected chi connectivity index (χ3v) is 6.91. The zero-order valence-electron chi connectivity index (χ0n) is 17.0. The number of piperazine rings is 1. The van der Waals surface area contributed by atoms with Gasteiger partial charge in [-0.2, -0.15) is 0 Å². The molecule has 0 unspecified atom stereocenters. The molecular weight excluding hydrogens is 404 g/mol. The van der Waals surface area contributed by atoms with Gasteiger partial charge in [-0.1, -0.05) is 49.4 Å². The lowest BCUT2D eigenvalue weighted by molar-refractivity contribution is -0.136. The molecule has 1 heterocycles. The van der Waals surface area contributed by atoms with Crippen LogP contribution in [0.3, 0.4) is 0 Å². The van der Waals surface area contributed by atoms with Crippen molar-refractivity contribution in [2.75, 3.05) is 38.5 Å². The molecule has 0 aliphatic carbocycles. The molecule has 8 heteroatoms. The lowest BCUT2D eigenvalue weighted by atomic mass is 10.2. The van der Waals surface area contributed by atoms with Crippen molar-refractivity contribution in [1.29, 1.82) is 0 Å². The molecule has 0 atom stereocenters. The van der Waals surface area contributed by atoms with Gasteiger partial charge in [-0.15, -0.1) is 0 Å². The predicted molar refractivity (Wildman–Crippen MR) is 113 cm³/mol. The van der Waals surface area contributed by atoms with Gasteiger partial charge in [-0.25, -0.2) is 13.2 Å². The van der Waals surface area contributed by atoms with Gasteiger partial charge in [0.15, 0.2) is 16.4 Å². The summed E-state index contributed by atoms with van der Waals surface area (Å²) >= 11 is 0. The Balaban J connectivity index is 1.51. The van der Waals surface area contributed by atoms with E-state index in [9.17, 15) is 18.0 Å². The Bertz CT molecular complexity index is 984. The van der Waals surface area contributed by atoms with Crippen molar-refractivity contribution >= 4 is 21.7 Å². The Morgan fingerprint density at radius 2 is 1.57 bits per heavy atom. The minimum Gasteiger partial charge on any atom is -0.452 e. The van der Waals surface area contributed by atoms with Crippen LogP contribution in [-0.2, 0) is 25.9 Å². The summed E-state index contributed by atoms with van der Waals surface area (Å²) in [4.78, 5) is 28.7. The fourth-order valence-electron chi connectivity index (χ4n) is 3.36. The molecule has 0 saturated carbocycles. The topological polar surface area (TPSA) is 84.0 Å². The number of benzene rings is 2. The van der Waals surface area contributed by atoms with Crippen molar-refractivity contribution in [3.63, 3.8) is 0 Å². The van der Waals surface area contributed by atoms with E-state index in [1.807, 2.05) is 18.2 Å². The van der Waals surface area contributed by atoms with Gasteiger partial charge in [0, 0.05) is 32.7 Å². The molecule has 1 aliphatic heterocycles. The zero-order chi connectivity index (χ0) is 21.6. The first-order valence-electron chi connectivity index (χ1n) is 9.93. The number of carbonyl (C=O) groups is 2. The number of ether oxygens (including phenoxy) is 1. The number of nitrogens with zero attached hydrogens (tertiary/aromatic N) is 2. The maximum atomic E-state index is 12.4. The minimum absolute atomic E-state index is 0.0418. The fraction of sp³-hybridized carbons (Fsp3) is 0.364. The van der Waals surface area contributed by atoms with Crippen LogP contribution in [0.4, 0.5) is 0 Å². The second kappa shape index (κ2) is 9.86. The summed E-state index contributed by atoms with van der Waals surface area (Å²) in [5.74, 6) is -1.21. The molecule has 0 aromatic heterocycles. The minimum atomic E-state index is -3.57. The Morgan fingerprint density at radius 3 is 2.23 bits per heavy atom. The summed E-state index contributed by atoms with van der Waals surface area (Å²) in [5.41, 5.74) is 1.19. The summed E-state index contributed by atoms with van der Waals surface area (Å²) < 4.78 is 29.5. The first kappa shape index (κ1) is 22.0. The van der Waals surface area contributed by atoms with Crippen LogP contribution in [0, 0.1) is 0 Å². The molecule has 7 nitrogen and oxygen atoms in total. The second-order valence-electron chi connectivity index (χ2n) is 7.12. The number of esters is 1. The van der Waals surface area contributed by atoms with Crippen LogP contribution in [0.15, 0.2) is 59.5 Å². The number of rotatable bonds is 7. The van der Waals surface area contributed by atoms with E-state index in [0.29, 0.717) is 13.1 Å². The molecule has 0 bridgehead atoms. The van der Waals surface area contributed by atoms with Crippen LogP contribution in [0.1, 0.15) is 22.8 Å². The van der Waals surface area contributed by atoms with Crippen LogP contribution in [0.25, 0.3) is 0 Å². The van der Waals surface area contributed by atoms with E-state index in [4.69, 9.17) is 4.74 Å². The van der Waals surface area contributed by atoms with Crippen molar-refractivity contribution in [2.45, 2.75) is 18.4 Å². The Hall–Kier alpha value is -2.71. The summed E-state index contributed by atoms with van der Waals surface area (Å²) in [5, 5.41) is 0.